The van der Waals surface area contributed by atoms with Crippen molar-refractivity contribution in [3.8, 4) is 11.5 Å². The van der Waals surface area contributed by atoms with Gasteiger partial charge in [0.15, 0.2) is 0 Å². The molecule has 0 aliphatic rings. The molecule has 2 aromatic carbocycles. The summed E-state index contributed by atoms with van der Waals surface area (Å²) in [5.41, 5.74) is 1.66. The van der Waals surface area contributed by atoms with Crippen molar-refractivity contribution < 1.29 is 9.84 Å². The molecular weight excluding hydrogens is 262 g/mol. The van der Waals surface area contributed by atoms with Crippen LogP contribution in [0.15, 0.2) is 47.5 Å². The summed E-state index contributed by atoms with van der Waals surface area (Å²) in [6.45, 7) is 2.59. The maximum Gasteiger partial charge on any atom is 0.134 e. The minimum atomic E-state index is 0.0693. The van der Waals surface area contributed by atoms with Crippen LogP contribution in [0.25, 0.3) is 0 Å². The third kappa shape index (κ3) is 3.73. The van der Waals surface area contributed by atoms with Gasteiger partial charge in [-0.05, 0) is 55.0 Å². The van der Waals surface area contributed by atoms with Crippen molar-refractivity contribution in [3.63, 3.8) is 0 Å². The molecule has 0 amide bonds. The van der Waals surface area contributed by atoms with Crippen LogP contribution in [-0.4, -0.2) is 17.9 Å². The monoisotopic (exact) mass is 275 g/mol. The number of halogens is 1. The van der Waals surface area contributed by atoms with Crippen molar-refractivity contribution in [2.75, 3.05) is 6.61 Å². The lowest BCUT2D eigenvalue weighted by Crippen LogP contribution is -1.89. The molecule has 1 N–H and O–H groups in total. The highest BCUT2D eigenvalue weighted by Crippen LogP contribution is 2.23. The summed E-state index contributed by atoms with van der Waals surface area (Å²) in [4.78, 5) is 4.33. The minimum absolute atomic E-state index is 0.0693. The molecule has 0 heterocycles. The Bertz CT molecular complexity index is 579. The molecule has 2 aromatic rings. The summed E-state index contributed by atoms with van der Waals surface area (Å²) < 4.78 is 5.36. The number of phenolic OH excluding ortho intramolecular Hbond substituents is 1. The molecule has 0 atom stereocenters. The fraction of sp³-hybridized carbons (Fsp3) is 0.133. The van der Waals surface area contributed by atoms with Gasteiger partial charge in [-0.3, -0.25) is 4.99 Å². The van der Waals surface area contributed by atoms with Gasteiger partial charge in [-0.2, -0.15) is 0 Å². The van der Waals surface area contributed by atoms with E-state index in [1.807, 2.05) is 31.2 Å². The van der Waals surface area contributed by atoms with Crippen molar-refractivity contribution in [2.24, 2.45) is 4.99 Å². The van der Waals surface area contributed by atoms with Crippen LogP contribution in [0.3, 0.4) is 0 Å². The number of nitrogens with zero attached hydrogens (tertiary/aromatic N) is 1. The Morgan fingerprint density at radius 3 is 2.58 bits per heavy atom. The predicted octanol–water partition coefficient (Wildman–Crippen LogP) is 4.19. The average Bonchev–Trinajstić information content (AvgIpc) is 2.42. The minimum Gasteiger partial charge on any atom is -0.506 e. The molecule has 0 fully saturated rings. The van der Waals surface area contributed by atoms with Crippen molar-refractivity contribution >= 4 is 23.5 Å². The lowest BCUT2D eigenvalue weighted by atomic mass is 10.2. The Balaban J connectivity index is 2.11. The van der Waals surface area contributed by atoms with E-state index in [-0.39, 0.29) is 5.75 Å². The van der Waals surface area contributed by atoms with E-state index in [2.05, 4.69) is 4.99 Å². The van der Waals surface area contributed by atoms with E-state index < -0.39 is 0 Å². The first kappa shape index (κ1) is 13.4. The molecule has 98 valence electrons. The molecule has 3 nitrogen and oxygen atoms in total. The number of hydrogen-bond acceptors (Lipinski definition) is 3. The quantitative estimate of drug-likeness (QED) is 0.850. The van der Waals surface area contributed by atoms with E-state index in [9.17, 15) is 5.11 Å². The first-order valence-electron chi connectivity index (χ1n) is 5.94. The van der Waals surface area contributed by atoms with Gasteiger partial charge >= 0.3 is 0 Å². The zero-order valence-corrected chi connectivity index (χ0v) is 11.3. The van der Waals surface area contributed by atoms with E-state index >= 15 is 0 Å². The molecular formula is C15H14ClNO2. The highest BCUT2D eigenvalue weighted by Gasteiger charge is 1.98. The van der Waals surface area contributed by atoms with Crippen molar-refractivity contribution in [3.05, 3.63) is 53.1 Å². The zero-order chi connectivity index (χ0) is 13.7. The summed E-state index contributed by atoms with van der Waals surface area (Å²) >= 11 is 5.82. The van der Waals surface area contributed by atoms with E-state index in [0.717, 1.165) is 17.0 Å². The Labute approximate surface area is 117 Å². The van der Waals surface area contributed by atoms with Crippen LogP contribution in [0.2, 0.25) is 5.02 Å². The van der Waals surface area contributed by atoms with Crippen LogP contribution in [0.4, 0.5) is 5.69 Å². The van der Waals surface area contributed by atoms with Gasteiger partial charge in [0.2, 0.25) is 0 Å². The SMILES string of the molecule is CCOc1ccc(N=Cc2ccc(O)c(Cl)c2)cc1. The largest absolute Gasteiger partial charge is 0.506 e. The number of ether oxygens (including phenoxy) is 1. The molecule has 0 aliphatic heterocycles. The molecule has 0 saturated heterocycles. The molecule has 0 radical (unpaired) electrons. The van der Waals surface area contributed by atoms with E-state index in [0.29, 0.717) is 11.6 Å². The third-order valence-electron chi connectivity index (χ3n) is 2.48. The van der Waals surface area contributed by atoms with Crippen molar-refractivity contribution in [1.29, 1.82) is 0 Å². The maximum atomic E-state index is 9.32. The highest BCUT2D eigenvalue weighted by atomic mass is 35.5. The van der Waals surface area contributed by atoms with Gasteiger partial charge in [-0.1, -0.05) is 11.6 Å². The number of phenols is 1. The van der Waals surface area contributed by atoms with Gasteiger partial charge in [-0.25, -0.2) is 0 Å². The number of benzene rings is 2. The van der Waals surface area contributed by atoms with Crippen LogP contribution < -0.4 is 4.74 Å². The third-order valence-corrected chi connectivity index (χ3v) is 2.78. The summed E-state index contributed by atoms with van der Waals surface area (Å²) in [5.74, 6) is 0.897. The Hall–Kier alpha value is -2.00. The Morgan fingerprint density at radius 2 is 1.95 bits per heavy atom. The average molecular weight is 276 g/mol. The molecule has 0 bridgehead atoms. The number of aliphatic imine (C=N–C) groups is 1. The molecule has 0 saturated carbocycles. The van der Waals surface area contributed by atoms with Gasteiger partial charge in [0, 0.05) is 6.21 Å². The maximum absolute atomic E-state index is 9.32. The second kappa shape index (κ2) is 6.25. The van der Waals surface area contributed by atoms with Crippen molar-refractivity contribution in [2.45, 2.75) is 6.92 Å². The topological polar surface area (TPSA) is 41.8 Å². The molecule has 4 heteroatoms. The van der Waals surface area contributed by atoms with E-state index in [4.69, 9.17) is 16.3 Å². The lowest BCUT2D eigenvalue weighted by molar-refractivity contribution is 0.340. The fourth-order valence-electron chi connectivity index (χ4n) is 1.55. The predicted molar refractivity (Wildman–Crippen MR) is 78.0 cm³/mol. The normalized spacial score (nSPS) is 10.8. The highest BCUT2D eigenvalue weighted by molar-refractivity contribution is 6.32. The summed E-state index contributed by atoms with van der Waals surface area (Å²) in [7, 11) is 0. The fourth-order valence-corrected chi connectivity index (χ4v) is 1.74. The van der Waals surface area contributed by atoms with Crippen LogP contribution in [0, 0.1) is 0 Å². The van der Waals surface area contributed by atoms with Crippen LogP contribution in [0.1, 0.15) is 12.5 Å². The van der Waals surface area contributed by atoms with E-state index in [1.54, 1.807) is 24.4 Å². The summed E-state index contributed by atoms with van der Waals surface area (Å²) in [6, 6.07) is 12.5. The van der Waals surface area contributed by atoms with Gasteiger partial charge in [0.05, 0.1) is 17.3 Å². The van der Waals surface area contributed by atoms with Crippen LogP contribution in [0.5, 0.6) is 11.5 Å². The van der Waals surface area contributed by atoms with Gasteiger partial charge < -0.3 is 9.84 Å². The molecule has 19 heavy (non-hydrogen) atoms. The lowest BCUT2D eigenvalue weighted by Gasteiger charge is -2.02. The van der Waals surface area contributed by atoms with Crippen molar-refractivity contribution in [1.82, 2.24) is 0 Å². The molecule has 0 aliphatic carbocycles. The summed E-state index contributed by atoms with van der Waals surface area (Å²) in [6.07, 6.45) is 1.70. The molecule has 0 spiro atoms. The number of rotatable bonds is 4. The number of aromatic hydroxyl groups is 1. The first-order valence-corrected chi connectivity index (χ1v) is 6.32. The zero-order valence-electron chi connectivity index (χ0n) is 10.5. The van der Waals surface area contributed by atoms with Crippen LogP contribution in [-0.2, 0) is 0 Å². The summed E-state index contributed by atoms with van der Waals surface area (Å²) in [5, 5.41) is 9.64. The first-order chi connectivity index (χ1) is 9.19. The van der Waals surface area contributed by atoms with Gasteiger partial charge in [0.25, 0.3) is 0 Å². The standard InChI is InChI=1S/C15H14ClNO2/c1-2-19-13-6-4-12(5-7-13)17-10-11-3-8-15(18)14(16)9-11/h3-10,18H,2H2,1H3. The van der Waals surface area contributed by atoms with Gasteiger partial charge in [0.1, 0.15) is 11.5 Å². The number of hydrogen-bond donors (Lipinski definition) is 1. The van der Waals surface area contributed by atoms with Gasteiger partial charge in [-0.15, -0.1) is 0 Å². The van der Waals surface area contributed by atoms with E-state index in [1.165, 1.54) is 0 Å². The molecule has 2 rings (SSSR count). The Kier molecular flexibility index (Phi) is 4.42. The Morgan fingerprint density at radius 1 is 1.21 bits per heavy atom. The van der Waals surface area contributed by atoms with Crippen LogP contribution >= 0.6 is 11.6 Å². The molecule has 0 aromatic heterocycles. The second-order valence-corrected chi connectivity index (χ2v) is 4.30. The molecule has 0 unspecified atom stereocenters. The second-order valence-electron chi connectivity index (χ2n) is 3.90. The smallest absolute Gasteiger partial charge is 0.134 e.